The number of nitrogens with one attached hydrogen (secondary N) is 4. The van der Waals surface area contributed by atoms with Crippen molar-refractivity contribution in [1.82, 2.24) is 40.4 Å². The van der Waals surface area contributed by atoms with Gasteiger partial charge in [0.2, 0.25) is 11.8 Å². The standard InChI is InChI=1S/C52H72N8O6/c1-30(2)43(57-49(63)65-51(6,7)8)47(61)59-24-12-14-41(59)45-53-28-39(55-45)34-18-16-33(17-19-34)36-22-23-38(32(5)26-35-20-21-37(35)27-36)40-29-54-46(56-40)42-15-13-25-60(42)48(62)44(31(3)4)58-50(64)66-52(9,10)11/h16-19,22-23,28-31,35,37,41-44H,5,12-15,20-21,24-27H2,1-4,6-11H3,(H,53,55)(H,54,56)(H,57,63)(H,58,64)/b36-22+,38-23?/t35?,37?,41-,42-,43-,44-/m0/s1. The fraction of sp³-hybridized carbons (Fsp3) is 0.577. The summed E-state index contributed by atoms with van der Waals surface area (Å²) in [6.45, 7) is 24.3. The third-order valence-electron chi connectivity index (χ3n) is 13.4. The number of likely N-dealkylation sites (tertiary alicyclic amines) is 2. The lowest BCUT2D eigenvalue weighted by atomic mass is 9.67. The molecule has 4 amide bonds. The van der Waals surface area contributed by atoms with Crippen molar-refractivity contribution in [3.63, 3.8) is 0 Å². The van der Waals surface area contributed by atoms with Crippen LogP contribution in [0.1, 0.15) is 156 Å². The predicted octanol–water partition coefficient (Wildman–Crippen LogP) is 10.1. The highest BCUT2D eigenvalue weighted by Crippen LogP contribution is 2.47. The van der Waals surface area contributed by atoms with Crippen LogP contribution >= 0.6 is 0 Å². The Bertz CT molecular complexity index is 2320. The first-order valence-electron chi connectivity index (χ1n) is 24.1. The molecule has 4 aliphatic rings. The van der Waals surface area contributed by atoms with Gasteiger partial charge >= 0.3 is 12.2 Å². The Kier molecular flexibility index (Phi) is 14.4. The van der Waals surface area contributed by atoms with Crippen molar-refractivity contribution in [2.75, 3.05) is 13.1 Å². The SMILES string of the molecule is C=C1CC2CCC2C/C(c2ccc(-c3cnc([C@@H]4CCCN4C(=O)[C@@H](NC(=O)OC(C)(C)C)C(C)C)[nH]3)cc2)=C\C=C1c1cnc([C@@H]2CCCN2C(=O)[C@@H](NC(=O)OC(C)(C)C)C(C)C)[nH]1. The molecule has 14 heteroatoms. The molecule has 7 rings (SSSR count). The number of rotatable bonds is 11. The Morgan fingerprint density at radius 1 is 0.667 bits per heavy atom. The van der Waals surface area contributed by atoms with Crippen LogP contribution < -0.4 is 10.6 Å². The highest BCUT2D eigenvalue weighted by atomic mass is 16.6. The maximum atomic E-state index is 14.0. The minimum Gasteiger partial charge on any atom is -0.444 e. The summed E-state index contributed by atoms with van der Waals surface area (Å²) in [5.74, 6) is 2.05. The Balaban J connectivity index is 1.07. The second-order valence-electron chi connectivity index (χ2n) is 21.4. The van der Waals surface area contributed by atoms with E-state index in [1.54, 1.807) is 41.5 Å². The summed E-state index contributed by atoms with van der Waals surface area (Å²) in [5, 5.41) is 5.66. The van der Waals surface area contributed by atoms with Gasteiger partial charge in [-0.2, -0.15) is 0 Å². The van der Waals surface area contributed by atoms with Crippen molar-refractivity contribution < 1.29 is 28.7 Å². The predicted molar refractivity (Wildman–Crippen MR) is 257 cm³/mol. The average molecular weight is 905 g/mol. The number of H-pyrrole nitrogens is 2. The van der Waals surface area contributed by atoms with Crippen molar-refractivity contribution in [3.05, 3.63) is 83.9 Å². The van der Waals surface area contributed by atoms with Gasteiger partial charge in [-0.25, -0.2) is 19.6 Å². The van der Waals surface area contributed by atoms with E-state index in [4.69, 9.17) is 19.4 Å². The van der Waals surface area contributed by atoms with Crippen molar-refractivity contribution in [2.24, 2.45) is 23.7 Å². The summed E-state index contributed by atoms with van der Waals surface area (Å²) in [6.07, 6.45) is 14.4. The first kappa shape index (κ1) is 48.3. The number of benzene rings is 1. The van der Waals surface area contributed by atoms with Crippen LogP contribution in [0.25, 0.3) is 22.4 Å². The van der Waals surface area contributed by atoms with E-state index >= 15 is 0 Å². The number of carbonyl (C=O) groups excluding carboxylic acids is 4. The van der Waals surface area contributed by atoms with Gasteiger partial charge in [0.1, 0.15) is 34.9 Å². The van der Waals surface area contributed by atoms with E-state index in [9.17, 15) is 19.2 Å². The molecule has 4 heterocycles. The van der Waals surface area contributed by atoms with Crippen LogP contribution in [0.2, 0.25) is 0 Å². The highest BCUT2D eigenvalue weighted by molar-refractivity contribution is 5.87. The third kappa shape index (κ3) is 11.3. The molecule has 1 saturated carbocycles. The van der Waals surface area contributed by atoms with E-state index in [1.165, 1.54) is 18.4 Å². The Hall–Kier alpha value is -5.66. The second-order valence-corrected chi connectivity index (χ2v) is 21.4. The normalized spacial score (nSPS) is 23.1. The van der Waals surface area contributed by atoms with Gasteiger partial charge < -0.3 is 39.9 Å². The molecule has 3 fully saturated rings. The summed E-state index contributed by atoms with van der Waals surface area (Å²) in [4.78, 5) is 73.8. The number of imidazole rings is 2. The molecule has 2 unspecified atom stereocenters. The van der Waals surface area contributed by atoms with E-state index < -0.39 is 35.5 Å². The number of allylic oxidation sites excluding steroid dienone is 5. The molecular formula is C52H72N8O6. The number of aromatic nitrogens is 4. The van der Waals surface area contributed by atoms with Crippen molar-refractivity contribution in [3.8, 4) is 11.3 Å². The van der Waals surface area contributed by atoms with Crippen LogP contribution in [0.4, 0.5) is 9.59 Å². The molecule has 356 valence electrons. The maximum absolute atomic E-state index is 14.0. The molecule has 2 aromatic heterocycles. The van der Waals surface area contributed by atoms with Crippen molar-refractivity contribution >= 4 is 35.1 Å². The van der Waals surface area contributed by atoms with Crippen LogP contribution in [0.3, 0.4) is 0 Å². The van der Waals surface area contributed by atoms with Crippen molar-refractivity contribution in [1.29, 1.82) is 0 Å². The van der Waals surface area contributed by atoms with E-state index in [2.05, 4.69) is 63.6 Å². The summed E-state index contributed by atoms with van der Waals surface area (Å²) in [6, 6.07) is 6.71. The molecule has 0 spiro atoms. The highest BCUT2D eigenvalue weighted by Gasteiger charge is 2.40. The molecule has 0 bridgehead atoms. The van der Waals surface area contributed by atoms with E-state index in [0.29, 0.717) is 24.9 Å². The quantitative estimate of drug-likeness (QED) is 0.147. The van der Waals surface area contributed by atoms with E-state index in [-0.39, 0.29) is 35.7 Å². The number of hydrogen-bond donors (Lipinski definition) is 4. The Morgan fingerprint density at radius 2 is 1.12 bits per heavy atom. The topological polar surface area (TPSA) is 175 Å². The largest absolute Gasteiger partial charge is 0.444 e. The lowest BCUT2D eigenvalue weighted by Crippen LogP contribution is -2.52. The minimum absolute atomic E-state index is 0.128. The minimum atomic E-state index is -0.725. The summed E-state index contributed by atoms with van der Waals surface area (Å²) >= 11 is 0. The number of alkyl carbamates (subject to hydrolysis) is 2. The molecule has 2 saturated heterocycles. The van der Waals surface area contributed by atoms with Crippen LogP contribution in [-0.4, -0.2) is 90.1 Å². The van der Waals surface area contributed by atoms with Gasteiger partial charge in [-0.05, 0) is 139 Å². The fourth-order valence-corrected chi connectivity index (χ4v) is 9.79. The van der Waals surface area contributed by atoms with E-state index in [0.717, 1.165) is 83.8 Å². The summed E-state index contributed by atoms with van der Waals surface area (Å²) in [5.41, 5.74) is 5.91. The van der Waals surface area contributed by atoms with Gasteiger partial charge in [-0.15, -0.1) is 0 Å². The number of aromatic amines is 2. The van der Waals surface area contributed by atoms with Gasteiger partial charge in [0, 0.05) is 18.7 Å². The molecule has 2 aliphatic heterocycles. The lowest BCUT2D eigenvalue weighted by molar-refractivity contribution is -0.136. The average Bonchev–Trinajstić information content (AvgIpc) is 4.07. The third-order valence-corrected chi connectivity index (χ3v) is 13.4. The number of ether oxygens (including phenoxy) is 2. The first-order valence-corrected chi connectivity index (χ1v) is 24.1. The maximum Gasteiger partial charge on any atom is 0.408 e. The van der Waals surface area contributed by atoms with Crippen LogP contribution in [0, 0.1) is 23.7 Å². The summed E-state index contributed by atoms with van der Waals surface area (Å²) in [7, 11) is 0. The van der Waals surface area contributed by atoms with Gasteiger partial charge in [-0.1, -0.05) is 70.7 Å². The van der Waals surface area contributed by atoms with Crippen LogP contribution in [0.15, 0.2) is 61.0 Å². The Morgan fingerprint density at radius 3 is 1.59 bits per heavy atom. The smallest absolute Gasteiger partial charge is 0.408 e. The van der Waals surface area contributed by atoms with Crippen LogP contribution in [0.5, 0.6) is 0 Å². The molecule has 14 nitrogen and oxygen atoms in total. The second kappa shape index (κ2) is 19.7. The zero-order valence-electron chi connectivity index (χ0n) is 40.8. The van der Waals surface area contributed by atoms with E-state index in [1.807, 2.05) is 49.9 Å². The molecule has 66 heavy (non-hydrogen) atoms. The van der Waals surface area contributed by atoms with Gasteiger partial charge in [0.15, 0.2) is 0 Å². The number of carbonyl (C=O) groups is 4. The van der Waals surface area contributed by atoms with Gasteiger partial charge in [-0.3, -0.25) is 9.59 Å². The molecule has 2 aliphatic carbocycles. The number of amides is 4. The van der Waals surface area contributed by atoms with Crippen LogP contribution in [-0.2, 0) is 19.1 Å². The van der Waals surface area contributed by atoms with Gasteiger partial charge in [0.25, 0.3) is 0 Å². The summed E-state index contributed by atoms with van der Waals surface area (Å²) < 4.78 is 11.0. The molecular weight excluding hydrogens is 833 g/mol. The first-order chi connectivity index (χ1) is 31.2. The lowest BCUT2D eigenvalue weighted by Gasteiger charge is -2.37. The molecule has 0 radical (unpaired) electrons. The monoisotopic (exact) mass is 905 g/mol. The zero-order valence-corrected chi connectivity index (χ0v) is 40.8. The molecule has 1 aromatic carbocycles. The fourth-order valence-electron chi connectivity index (χ4n) is 9.79. The van der Waals surface area contributed by atoms with Gasteiger partial charge in [0.05, 0.1) is 35.9 Å². The van der Waals surface area contributed by atoms with Crippen molar-refractivity contribution in [2.45, 2.75) is 156 Å². The number of fused-ring (bicyclic) bond motifs is 1. The molecule has 4 N–H and O–H groups in total. The molecule has 3 aromatic rings. The number of nitrogens with zero attached hydrogens (tertiary/aromatic N) is 4. The molecule has 6 atom stereocenters. The zero-order chi connectivity index (χ0) is 47.7. The Labute approximate surface area is 390 Å². The number of hydrogen-bond acceptors (Lipinski definition) is 8.